The highest BCUT2D eigenvalue weighted by Crippen LogP contribution is 2.12. The number of amides is 1. The predicted molar refractivity (Wildman–Crippen MR) is 60.2 cm³/mol. The summed E-state index contributed by atoms with van der Waals surface area (Å²) in [4.78, 5) is 18.5. The van der Waals surface area contributed by atoms with Crippen LogP contribution in [0.25, 0.3) is 4.96 Å². The number of nitrogens with zero attached hydrogens (tertiary/aromatic N) is 3. The van der Waals surface area contributed by atoms with E-state index in [2.05, 4.69) is 11.6 Å². The van der Waals surface area contributed by atoms with E-state index in [0.717, 1.165) is 4.96 Å². The Kier molecular flexibility index (Phi) is 2.55. The molecule has 0 radical (unpaired) electrons. The standard InChI is InChI=1S/C10H11N3OS/c1-3-4-12(2)9(14)8-7-13-5-6-15-10(13)11-8/h3,5-7H,1,4H2,2H3. The molecule has 2 heterocycles. The molecule has 0 aliphatic heterocycles. The van der Waals surface area contributed by atoms with E-state index in [1.807, 2.05) is 16.0 Å². The Balaban J connectivity index is 2.27. The van der Waals surface area contributed by atoms with Gasteiger partial charge in [-0.1, -0.05) is 6.08 Å². The number of aromatic nitrogens is 2. The second-order valence-electron chi connectivity index (χ2n) is 3.19. The molecule has 2 rings (SSSR count). The molecule has 0 saturated carbocycles. The Morgan fingerprint density at radius 2 is 2.60 bits per heavy atom. The monoisotopic (exact) mass is 221 g/mol. The number of thiazole rings is 1. The third kappa shape index (κ3) is 1.78. The molecule has 5 heteroatoms. The van der Waals surface area contributed by atoms with Crippen molar-refractivity contribution < 1.29 is 4.79 Å². The molecular weight excluding hydrogens is 210 g/mol. The van der Waals surface area contributed by atoms with E-state index >= 15 is 0 Å². The Labute approximate surface area is 91.5 Å². The van der Waals surface area contributed by atoms with Crippen LogP contribution in [-0.2, 0) is 0 Å². The summed E-state index contributed by atoms with van der Waals surface area (Å²) in [6, 6.07) is 0. The van der Waals surface area contributed by atoms with Crippen molar-refractivity contribution in [1.29, 1.82) is 0 Å². The van der Waals surface area contributed by atoms with E-state index < -0.39 is 0 Å². The van der Waals surface area contributed by atoms with Gasteiger partial charge in [0.2, 0.25) is 0 Å². The summed E-state index contributed by atoms with van der Waals surface area (Å²) < 4.78 is 1.85. The highest BCUT2D eigenvalue weighted by molar-refractivity contribution is 7.15. The average Bonchev–Trinajstić information content (AvgIpc) is 2.75. The van der Waals surface area contributed by atoms with Gasteiger partial charge >= 0.3 is 0 Å². The molecule has 2 aromatic rings. The van der Waals surface area contributed by atoms with Crippen LogP contribution in [0.2, 0.25) is 0 Å². The molecule has 78 valence electrons. The molecule has 15 heavy (non-hydrogen) atoms. The molecule has 0 aromatic carbocycles. The summed E-state index contributed by atoms with van der Waals surface area (Å²) in [5, 5.41) is 1.93. The maximum atomic E-state index is 11.8. The predicted octanol–water partition coefficient (Wildman–Crippen LogP) is 1.65. The zero-order valence-electron chi connectivity index (χ0n) is 8.38. The number of hydrogen-bond acceptors (Lipinski definition) is 3. The molecule has 1 amide bonds. The van der Waals surface area contributed by atoms with E-state index in [4.69, 9.17) is 0 Å². The fraction of sp³-hybridized carbons (Fsp3) is 0.200. The zero-order valence-corrected chi connectivity index (χ0v) is 9.20. The lowest BCUT2D eigenvalue weighted by Gasteiger charge is -2.12. The highest BCUT2D eigenvalue weighted by Gasteiger charge is 2.14. The Morgan fingerprint density at radius 1 is 1.80 bits per heavy atom. The van der Waals surface area contributed by atoms with Crippen molar-refractivity contribution >= 4 is 22.2 Å². The molecule has 0 bridgehead atoms. The molecular formula is C10H11N3OS. The van der Waals surface area contributed by atoms with Crippen LogP contribution in [0.3, 0.4) is 0 Å². The normalized spacial score (nSPS) is 10.5. The van der Waals surface area contributed by atoms with Gasteiger partial charge < -0.3 is 4.90 Å². The third-order valence-electron chi connectivity index (χ3n) is 2.06. The number of rotatable bonds is 3. The van der Waals surface area contributed by atoms with Crippen molar-refractivity contribution in [2.75, 3.05) is 13.6 Å². The van der Waals surface area contributed by atoms with E-state index in [9.17, 15) is 4.79 Å². The average molecular weight is 221 g/mol. The molecule has 0 aliphatic carbocycles. The minimum absolute atomic E-state index is 0.0780. The van der Waals surface area contributed by atoms with Crippen LogP contribution in [0.4, 0.5) is 0 Å². The number of imidazole rings is 1. The second-order valence-corrected chi connectivity index (χ2v) is 4.07. The minimum Gasteiger partial charge on any atom is -0.337 e. The summed E-state index contributed by atoms with van der Waals surface area (Å²) in [6.45, 7) is 4.12. The van der Waals surface area contributed by atoms with Crippen LogP contribution >= 0.6 is 11.3 Å². The smallest absolute Gasteiger partial charge is 0.274 e. The van der Waals surface area contributed by atoms with Gasteiger partial charge in [0.15, 0.2) is 4.96 Å². The fourth-order valence-electron chi connectivity index (χ4n) is 1.30. The molecule has 0 fully saturated rings. The SMILES string of the molecule is C=CCN(C)C(=O)c1cn2ccsc2n1. The lowest BCUT2D eigenvalue weighted by Crippen LogP contribution is -2.26. The van der Waals surface area contributed by atoms with Gasteiger partial charge in [-0.25, -0.2) is 4.98 Å². The van der Waals surface area contributed by atoms with Crippen molar-refractivity contribution in [3.63, 3.8) is 0 Å². The van der Waals surface area contributed by atoms with Gasteiger partial charge in [0.05, 0.1) is 0 Å². The highest BCUT2D eigenvalue weighted by atomic mass is 32.1. The first-order valence-electron chi connectivity index (χ1n) is 4.51. The van der Waals surface area contributed by atoms with Crippen molar-refractivity contribution in [3.05, 3.63) is 36.1 Å². The van der Waals surface area contributed by atoms with Crippen LogP contribution in [0.5, 0.6) is 0 Å². The van der Waals surface area contributed by atoms with E-state index in [-0.39, 0.29) is 5.91 Å². The van der Waals surface area contributed by atoms with E-state index in [0.29, 0.717) is 12.2 Å². The van der Waals surface area contributed by atoms with Crippen LogP contribution in [0, 0.1) is 0 Å². The van der Waals surface area contributed by atoms with Gasteiger partial charge in [-0.3, -0.25) is 9.20 Å². The van der Waals surface area contributed by atoms with Gasteiger partial charge in [-0.15, -0.1) is 17.9 Å². The summed E-state index contributed by atoms with van der Waals surface area (Å²) in [6.07, 6.45) is 5.32. The molecule has 0 saturated heterocycles. The lowest BCUT2D eigenvalue weighted by atomic mass is 10.4. The van der Waals surface area contributed by atoms with Crippen LogP contribution in [-0.4, -0.2) is 33.8 Å². The Morgan fingerprint density at radius 3 is 3.27 bits per heavy atom. The number of likely N-dealkylation sites (N-methyl/N-ethyl adjacent to an activating group) is 1. The van der Waals surface area contributed by atoms with Gasteiger partial charge in [0.1, 0.15) is 5.69 Å². The summed E-state index contributed by atoms with van der Waals surface area (Å²) in [7, 11) is 1.73. The molecule has 2 aromatic heterocycles. The lowest BCUT2D eigenvalue weighted by molar-refractivity contribution is 0.0805. The fourth-order valence-corrected chi connectivity index (χ4v) is 2.00. The summed E-state index contributed by atoms with van der Waals surface area (Å²) in [5.41, 5.74) is 0.478. The maximum absolute atomic E-state index is 11.8. The quantitative estimate of drug-likeness (QED) is 0.739. The van der Waals surface area contributed by atoms with Crippen LogP contribution < -0.4 is 0 Å². The van der Waals surface area contributed by atoms with Crippen molar-refractivity contribution in [2.45, 2.75) is 0 Å². The molecule has 0 spiro atoms. The van der Waals surface area contributed by atoms with Gasteiger partial charge in [-0.2, -0.15) is 0 Å². The first-order valence-corrected chi connectivity index (χ1v) is 5.39. The Hall–Kier alpha value is -1.62. The van der Waals surface area contributed by atoms with Gasteiger partial charge in [0.25, 0.3) is 5.91 Å². The largest absolute Gasteiger partial charge is 0.337 e. The second kappa shape index (κ2) is 3.86. The molecule has 0 unspecified atom stereocenters. The molecule has 0 N–H and O–H groups in total. The summed E-state index contributed by atoms with van der Waals surface area (Å²) >= 11 is 1.51. The maximum Gasteiger partial charge on any atom is 0.274 e. The topological polar surface area (TPSA) is 37.6 Å². The molecule has 0 atom stereocenters. The van der Waals surface area contributed by atoms with Gasteiger partial charge in [-0.05, 0) is 0 Å². The number of hydrogen-bond donors (Lipinski definition) is 0. The number of fused-ring (bicyclic) bond motifs is 1. The first-order chi connectivity index (χ1) is 7.22. The molecule has 4 nitrogen and oxygen atoms in total. The van der Waals surface area contributed by atoms with Crippen molar-refractivity contribution in [2.24, 2.45) is 0 Å². The van der Waals surface area contributed by atoms with Crippen molar-refractivity contribution in [3.8, 4) is 0 Å². The Bertz CT molecular complexity index is 471. The first kappa shape index (κ1) is 9.92. The van der Waals surface area contributed by atoms with E-state index in [1.165, 1.54) is 11.3 Å². The third-order valence-corrected chi connectivity index (χ3v) is 2.83. The number of carbonyl (C=O) groups excluding carboxylic acids is 1. The van der Waals surface area contributed by atoms with Crippen LogP contribution in [0.1, 0.15) is 10.5 Å². The zero-order chi connectivity index (χ0) is 10.8. The number of carbonyl (C=O) groups is 1. The molecule has 0 aliphatic rings. The van der Waals surface area contributed by atoms with Crippen molar-refractivity contribution in [1.82, 2.24) is 14.3 Å². The van der Waals surface area contributed by atoms with Crippen LogP contribution in [0.15, 0.2) is 30.4 Å². The van der Waals surface area contributed by atoms with E-state index in [1.54, 1.807) is 24.2 Å². The minimum atomic E-state index is -0.0780. The summed E-state index contributed by atoms with van der Waals surface area (Å²) in [5.74, 6) is -0.0780. The van der Waals surface area contributed by atoms with Gasteiger partial charge in [0, 0.05) is 31.4 Å².